The van der Waals surface area contributed by atoms with Gasteiger partial charge in [0.25, 0.3) is 0 Å². The molecule has 1 fully saturated rings. The van der Waals surface area contributed by atoms with Crippen molar-refractivity contribution in [3.63, 3.8) is 0 Å². The normalized spacial score (nSPS) is 18.2. The molecule has 2 aromatic carbocycles. The van der Waals surface area contributed by atoms with Gasteiger partial charge >= 0.3 is 0 Å². The molecule has 1 atom stereocenters. The van der Waals surface area contributed by atoms with Crippen LogP contribution in [0.25, 0.3) is 0 Å². The molecule has 1 aliphatic rings. The Morgan fingerprint density at radius 3 is 2.33 bits per heavy atom. The van der Waals surface area contributed by atoms with E-state index in [4.69, 9.17) is 0 Å². The Balaban J connectivity index is 1.88. The smallest absolute Gasteiger partial charge is 0.119 e. The molecule has 1 nitrogen and oxygen atoms in total. The van der Waals surface area contributed by atoms with E-state index in [0.29, 0.717) is 15.7 Å². The van der Waals surface area contributed by atoms with Gasteiger partial charge < -0.3 is 5.11 Å². The highest BCUT2D eigenvalue weighted by Gasteiger charge is 2.35. The summed E-state index contributed by atoms with van der Waals surface area (Å²) in [6, 6.07) is 18.6. The highest BCUT2D eigenvalue weighted by molar-refractivity contribution is 8.18. The van der Waals surface area contributed by atoms with Crippen LogP contribution in [0.1, 0.15) is 43.2 Å². The zero-order valence-corrected chi connectivity index (χ0v) is 15.9. The lowest BCUT2D eigenvalue weighted by Gasteiger charge is -2.38. The molecule has 1 saturated heterocycles. The molecule has 0 amide bonds. The van der Waals surface area contributed by atoms with Gasteiger partial charge in [0, 0.05) is 0 Å². The van der Waals surface area contributed by atoms with Crippen molar-refractivity contribution >= 4 is 23.5 Å². The average Bonchev–Trinajstić information content (AvgIpc) is 2.63. The predicted molar refractivity (Wildman–Crippen MR) is 108 cm³/mol. The number of phenols is 1. The number of hydrogen-bond donors (Lipinski definition) is 1. The Morgan fingerprint density at radius 1 is 1.00 bits per heavy atom. The van der Waals surface area contributed by atoms with Crippen LogP contribution in [-0.2, 0) is 6.42 Å². The van der Waals surface area contributed by atoms with Crippen LogP contribution in [0.4, 0.5) is 0 Å². The number of phenolic OH excluding ortho intramolecular Hbond substituents is 1. The van der Waals surface area contributed by atoms with E-state index in [2.05, 4.69) is 66.8 Å². The summed E-state index contributed by atoms with van der Waals surface area (Å²) in [6.07, 6.45) is 4.60. The summed E-state index contributed by atoms with van der Waals surface area (Å²) >= 11 is 4.26. The maximum atomic E-state index is 10.4. The zero-order valence-electron chi connectivity index (χ0n) is 14.3. The second-order valence-corrected chi connectivity index (χ2v) is 9.68. The third-order valence-corrected chi connectivity index (χ3v) is 8.47. The summed E-state index contributed by atoms with van der Waals surface area (Å²) in [6.45, 7) is 2.32. The third kappa shape index (κ3) is 4.31. The van der Waals surface area contributed by atoms with Crippen LogP contribution in [0.5, 0.6) is 5.75 Å². The van der Waals surface area contributed by atoms with Crippen LogP contribution < -0.4 is 0 Å². The first-order chi connectivity index (χ1) is 11.7. The Morgan fingerprint density at radius 2 is 1.67 bits per heavy atom. The van der Waals surface area contributed by atoms with Crippen LogP contribution in [0.2, 0.25) is 0 Å². The van der Waals surface area contributed by atoms with Gasteiger partial charge in [-0.25, -0.2) is 0 Å². The van der Waals surface area contributed by atoms with E-state index < -0.39 is 0 Å². The largest absolute Gasteiger partial charge is 0.508 e. The minimum absolute atomic E-state index is 0.292. The monoisotopic (exact) mass is 358 g/mol. The summed E-state index contributed by atoms with van der Waals surface area (Å²) < 4.78 is 0.292. The van der Waals surface area contributed by atoms with Gasteiger partial charge in [0.1, 0.15) is 5.75 Å². The SMILES string of the molecule is CCC1(CC(Cc2ccccc2)c2ccccc2O)SCCCS1. The summed E-state index contributed by atoms with van der Waals surface area (Å²) in [5.41, 5.74) is 2.45. The quantitative estimate of drug-likeness (QED) is 0.675. The minimum atomic E-state index is 0.292. The van der Waals surface area contributed by atoms with E-state index in [-0.39, 0.29) is 0 Å². The highest BCUT2D eigenvalue weighted by atomic mass is 32.2. The Hall–Kier alpha value is -1.06. The van der Waals surface area contributed by atoms with Crippen molar-refractivity contribution in [3.8, 4) is 5.75 Å². The molecule has 3 rings (SSSR count). The maximum Gasteiger partial charge on any atom is 0.119 e. The second kappa shape index (κ2) is 8.35. The van der Waals surface area contributed by atoms with Crippen molar-refractivity contribution < 1.29 is 5.11 Å². The molecular weight excluding hydrogens is 332 g/mol. The number of thioether (sulfide) groups is 2. The number of benzene rings is 2. The van der Waals surface area contributed by atoms with Crippen LogP contribution in [-0.4, -0.2) is 20.7 Å². The summed E-state index contributed by atoms with van der Waals surface area (Å²) in [5, 5.41) is 10.4. The molecule has 0 spiro atoms. The lowest BCUT2D eigenvalue weighted by molar-refractivity contribution is 0.453. The van der Waals surface area contributed by atoms with Crippen molar-refractivity contribution in [3.05, 3.63) is 65.7 Å². The van der Waals surface area contributed by atoms with Crippen molar-refractivity contribution in [2.24, 2.45) is 0 Å². The van der Waals surface area contributed by atoms with Gasteiger partial charge in [0.2, 0.25) is 0 Å². The fourth-order valence-electron chi connectivity index (χ4n) is 3.48. The predicted octanol–water partition coefficient (Wildman–Crippen LogP) is 6.09. The molecule has 1 aliphatic heterocycles. The summed E-state index contributed by atoms with van der Waals surface area (Å²) in [7, 11) is 0. The minimum Gasteiger partial charge on any atom is -0.508 e. The van der Waals surface area contributed by atoms with Crippen molar-refractivity contribution in [2.75, 3.05) is 11.5 Å². The van der Waals surface area contributed by atoms with E-state index in [1.54, 1.807) is 0 Å². The Kier molecular flexibility index (Phi) is 6.18. The van der Waals surface area contributed by atoms with Crippen molar-refractivity contribution in [1.82, 2.24) is 0 Å². The topological polar surface area (TPSA) is 20.2 Å². The van der Waals surface area contributed by atoms with Gasteiger partial charge in [-0.05, 0) is 60.3 Å². The summed E-state index contributed by atoms with van der Waals surface area (Å²) in [5.74, 6) is 3.32. The van der Waals surface area contributed by atoms with Gasteiger partial charge in [-0.2, -0.15) is 0 Å². The number of rotatable bonds is 6. The van der Waals surface area contributed by atoms with E-state index in [1.165, 1.54) is 29.9 Å². The van der Waals surface area contributed by atoms with Gasteiger partial charge in [0.05, 0.1) is 4.08 Å². The van der Waals surface area contributed by atoms with Gasteiger partial charge in [0.15, 0.2) is 0 Å². The van der Waals surface area contributed by atoms with E-state index in [9.17, 15) is 5.11 Å². The zero-order chi connectivity index (χ0) is 16.8. The van der Waals surface area contributed by atoms with E-state index >= 15 is 0 Å². The molecule has 1 heterocycles. The molecule has 0 aromatic heterocycles. The van der Waals surface area contributed by atoms with Gasteiger partial charge in [-0.15, -0.1) is 23.5 Å². The molecule has 0 aliphatic carbocycles. The molecule has 0 radical (unpaired) electrons. The fraction of sp³-hybridized carbons (Fsp3) is 0.429. The van der Waals surface area contributed by atoms with Crippen molar-refractivity contribution in [1.29, 1.82) is 0 Å². The molecule has 128 valence electrons. The van der Waals surface area contributed by atoms with E-state index in [1.807, 2.05) is 18.2 Å². The molecule has 3 heteroatoms. The average molecular weight is 359 g/mol. The molecule has 24 heavy (non-hydrogen) atoms. The molecular formula is C21H26OS2. The molecule has 1 unspecified atom stereocenters. The number of aromatic hydroxyl groups is 1. The van der Waals surface area contributed by atoms with E-state index in [0.717, 1.165) is 18.4 Å². The van der Waals surface area contributed by atoms with Crippen LogP contribution in [0.3, 0.4) is 0 Å². The fourth-order valence-corrected chi connectivity index (χ4v) is 6.87. The van der Waals surface area contributed by atoms with Gasteiger partial charge in [-0.3, -0.25) is 0 Å². The third-order valence-electron chi connectivity index (χ3n) is 4.82. The Bertz CT molecular complexity index is 635. The van der Waals surface area contributed by atoms with Gasteiger partial charge in [-0.1, -0.05) is 55.5 Å². The lowest BCUT2D eigenvalue weighted by Crippen LogP contribution is -2.27. The lowest BCUT2D eigenvalue weighted by atomic mass is 9.87. The van der Waals surface area contributed by atoms with Crippen LogP contribution in [0, 0.1) is 0 Å². The number of hydrogen-bond acceptors (Lipinski definition) is 3. The first-order valence-electron chi connectivity index (χ1n) is 8.82. The van der Waals surface area contributed by atoms with Crippen molar-refractivity contribution in [2.45, 2.75) is 42.6 Å². The standard InChI is InChI=1S/C21H26OS2/c1-2-21(23-13-8-14-24-21)16-18(15-17-9-4-3-5-10-17)19-11-6-7-12-20(19)22/h3-7,9-12,18,22H,2,8,13-16H2,1H3. The second-order valence-electron chi connectivity index (χ2n) is 6.46. The molecule has 0 bridgehead atoms. The first kappa shape index (κ1) is 17.8. The highest BCUT2D eigenvalue weighted by Crippen LogP contribution is 2.51. The maximum absolute atomic E-state index is 10.4. The van der Waals surface area contributed by atoms with Crippen LogP contribution in [0.15, 0.2) is 54.6 Å². The Labute approximate surface area is 154 Å². The number of para-hydroxylation sites is 1. The van der Waals surface area contributed by atoms with Crippen LogP contribution >= 0.6 is 23.5 Å². The first-order valence-corrected chi connectivity index (χ1v) is 10.8. The molecule has 1 N–H and O–H groups in total. The molecule has 2 aromatic rings. The summed E-state index contributed by atoms with van der Waals surface area (Å²) in [4.78, 5) is 0. The molecule has 0 saturated carbocycles.